The number of aromatic nitrogens is 2. The molecule has 1 saturated heterocycles. The highest BCUT2D eigenvalue weighted by Gasteiger charge is 2.22. The smallest absolute Gasteiger partial charge is 0.238 e. The minimum atomic E-state index is 0.0940. The van der Waals surface area contributed by atoms with Gasteiger partial charge in [0.15, 0.2) is 5.82 Å². The number of aromatic amines is 1. The Bertz CT molecular complexity index is 383. The molecule has 0 radical (unpaired) electrons. The highest BCUT2D eigenvalue weighted by molar-refractivity contribution is 8.00. The van der Waals surface area contributed by atoms with Crippen LogP contribution in [0.5, 0.6) is 0 Å². The molecule has 17 heavy (non-hydrogen) atoms. The molecule has 1 aliphatic rings. The van der Waals surface area contributed by atoms with Gasteiger partial charge in [-0.15, -0.1) is 11.8 Å². The summed E-state index contributed by atoms with van der Waals surface area (Å²) in [6.45, 7) is 4.19. The third kappa shape index (κ3) is 3.25. The molecule has 1 aromatic rings. The number of hydrogen-bond donors (Lipinski definition) is 2. The molecule has 1 amide bonds. The molecule has 94 valence electrons. The molecule has 5 heteroatoms. The molecule has 0 bridgehead atoms. The van der Waals surface area contributed by atoms with Crippen LogP contribution in [-0.2, 0) is 4.79 Å². The predicted molar refractivity (Wildman–Crippen MR) is 71.4 cm³/mol. The fourth-order valence-corrected chi connectivity index (χ4v) is 3.05. The van der Waals surface area contributed by atoms with Gasteiger partial charge in [-0.1, -0.05) is 20.3 Å². The lowest BCUT2D eigenvalue weighted by Crippen LogP contribution is -2.27. The van der Waals surface area contributed by atoms with E-state index < -0.39 is 0 Å². The summed E-state index contributed by atoms with van der Waals surface area (Å²) >= 11 is 1.75. The standard InChI is InChI=1S/C12H19N3OS/c1-8(2)9-7-11(15-14-9)13-12(16)10-5-3-4-6-17-10/h7-8,10H,3-6H2,1-2H3,(H2,13,14,15,16). The van der Waals surface area contributed by atoms with Crippen LogP contribution in [-0.4, -0.2) is 27.1 Å². The van der Waals surface area contributed by atoms with Gasteiger partial charge in [0.2, 0.25) is 5.91 Å². The van der Waals surface area contributed by atoms with E-state index in [1.54, 1.807) is 11.8 Å². The van der Waals surface area contributed by atoms with Crippen LogP contribution in [0.15, 0.2) is 6.07 Å². The fraction of sp³-hybridized carbons (Fsp3) is 0.667. The minimum absolute atomic E-state index is 0.0940. The van der Waals surface area contributed by atoms with E-state index in [0.29, 0.717) is 11.7 Å². The highest BCUT2D eigenvalue weighted by Crippen LogP contribution is 2.26. The van der Waals surface area contributed by atoms with Crippen molar-refractivity contribution in [3.63, 3.8) is 0 Å². The van der Waals surface area contributed by atoms with Gasteiger partial charge in [-0.05, 0) is 24.5 Å². The number of rotatable bonds is 3. The van der Waals surface area contributed by atoms with Gasteiger partial charge in [-0.2, -0.15) is 5.10 Å². The molecule has 1 fully saturated rings. The maximum Gasteiger partial charge on any atom is 0.238 e. The first-order chi connectivity index (χ1) is 8.16. The third-order valence-corrected chi connectivity index (χ3v) is 4.32. The molecule has 0 aromatic carbocycles. The molecule has 1 aromatic heterocycles. The van der Waals surface area contributed by atoms with Crippen LogP contribution in [0, 0.1) is 0 Å². The average Bonchev–Trinajstić information content (AvgIpc) is 2.79. The number of carbonyl (C=O) groups excluding carboxylic acids is 1. The lowest BCUT2D eigenvalue weighted by Gasteiger charge is -2.19. The van der Waals surface area contributed by atoms with Gasteiger partial charge in [-0.3, -0.25) is 9.89 Å². The Hall–Kier alpha value is -0.970. The summed E-state index contributed by atoms with van der Waals surface area (Å²) in [5.74, 6) is 2.23. The van der Waals surface area contributed by atoms with Crippen molar-refractivity contribution in [2.24, 2.45) is 0 Å². The summed E-state index contributed by atoms with van der Waals surface area (Å²) in [5.41, 5.74) is 1.05. The second-order valence-electron chi connectivity index (χ2n) is 4.71. The van der Waals surface area contributed by atoms with E-state index in [1.165, 1.54) is 6.42 Å². The van der Waals surface area contributed by atoms with Crippen molar-refractivity contribution < 1.29 is 4.79 Å². The van der Waals surface area contributed by atoms with Crippen LogP contribution >= 0.6 is 11.8 Å². The molecule has 0 spiro atoms. The van der Waals surface area contributed by atoms with Crippen molar-refractivity contribution in [2.75, 3.05) is 11.1 Å². The second-order valence-corrected chi connectivity index (χ2v) is 6.02. The molecule has 4 nitrogen and oxygen atoms in total. The molecule has 1 atom stereocenters. The fourth-order valence-electron chi connectivity index (χ4n) is 1.85. The van der Waals surface area contributed by atoms with Gasteiger partial charge >= 0.3 is 0 Å². The Morgan fingerprint density at radius 3 is 3.00 bits per heavy atom. The largest absolute Gasteiger partial charge is 0.308 e. The van der Waals surface area contributed by atoms with Crippen LogP contribution in [0.3, 0.4) is 0 Å². The average molecular weight is 253 g/mol. The van der Waals surface area contributed by atoms with Crippen LogP contribution in [0.2, 0.25) is 0 Å². The summed E-state index contributed by atoms with van der Waals surface area (Å²) in [5, 5.41) is 10.0. The Kier molecular flexibility index (Phi) is 4.10. The predicted octanol–water partition coefficient (Wildman–Crippen LogP) is 2.76. The van der Waals surface area contributed by atoms with Gasteiger partial charge in [0, 0.05) is 11.8 Å². The van der Waals surface area contributed by atoms with E-state index in [4.69, 9.17) is 0 Å². The number of anilines is 1. The first-order valence-corrected chi connectivity index (χ1v) is 7.19. The molecule has 0 aliphatic carbocycles. The van der Waals surface area contributed by atoms with E-state index in [0.717, 1.165) is 24.3 Å². The van der Waals surface area contributed by atoms with Gasteiger partial charge in [0.05, 0.1) is 5.25 Å². The van der Waals surface area contributed by atoms with E-state index in [1.807, 2.05) is 6.07 Å². The van der Waals surface area contributed by atoms with Gasteiger partial charge < -0.3 is 5.32 Å². The zero-order chi connectivity index (χ0) is 12.3. The third-order valence-electron chi connectivity index (χ3n) is 2.94. The summed E-state index contributed by atoms with van der Waals surface area (Å²) in [4.78, 5) is 12.0. The SMILES string of the molecule is CC(C)c1cc(NC(=O)C2CCCCS2)n[nH]1. The van der Waals surface area contributed by atoms with Crippen LogP contribution in [0.4, 0.5) is 5.82 Å². The van der Waals surface area contributed by atoms with E-state index in [2.05, 4.69) is 29.4 Å². The summed E-state index contributed by atoms with van der Waals surface area (Å²) < 4.78 is 0. The summed E-state index contributed by atoms with van der Waals surface area (Å²) in [7, 11) is 0. The zero-order valence-electron chi connectivity index (χ0n) is 10.3. The number of nitrogens with zero attached hydrogens (tertiary/aromatic N) is 1. The molecular weight excluding hydrogens is 234 g/mol. The molecule has 2 heterocycles. The Morgan fingerprint density at radius 2 is 2.41 bits per heavy atom. The van der Waals surface area contributed by atoms with Gasteiger partial charge in [-0.25, -0.2) is 0 Å². The molecule has 2 N–H and O–H groups in total. The second kappa shape index (κ2) is 5.58. The summed E-state index contributed by atoms with van der Waals surface area (Å²) in [6, 6.07) is 1.91. The normalized spacial score (nSPS) is 20.5. The molecule has 1 aliphatic heterocycles. The molecule has 1 unspecified atom stereocenters. The van der Waals surface area contributed by atoms with Crippen LogP contribution < -0.4 is 5.32 Å². The van der Waals surface area contributed by atoms with Crippen molar-refractivity contribution >= 4 is 23.5 Å². The van der Waals surface area contributed by atoms with Crippen molar-refractivity contribution in [3.8, 4) is 0 Å². The number of H-pyrrole nitrogens is 1. The van der Waals surface area contributed by atoms with Crippen LogP contribution in [0.25, 0.3) is 0 Å². The zero-order valence-corrected chi connectivity index (χ0v) is 11.1. The monoisotopic (exact) mass is 253 g/mol. The number of amides is 1. The number of thioether (sulfide) groups is 1. The topological polar surface area (TPSA) is 57.8 Å². The lowest BCUT2D eigenvalue weighted by molar-refractivity contribution is -0.115. The quantitative estimate of drug-likeness (QED) is 0.871. The first-order valence-electron chi connectivity index (χ1n) is 6.14. The van der Waals surface area contributed by atoms with Crippen molar-refractivity contribution in [1.82, 2.24) is 10.2 Å². The van der Waals surface area contributed by atoms with Crippen molar-refractivity contribution in [1.29, 1.82) is 0 Å². The first kappa shape index (κ1) is 12.5. The Labute approximate surface area is 106 Å². The van der Waals surface area contributed by atoms with Gasteiger partial charge in [0.25, 0.3) is 0 Å². The Balaban J connectivity index is 1.92. The summed E-state index contributed by atoms with van der Waals surface area (Å²) in [6.07, 6.45) is 3.37. The van der Waals surface area contributed by atoms with Crippen LogP contribution in [0.1, 0.15) is 44.7 Å². The number of nitrogens with one attached hydrogen (secondary N) is 2. The maximum atomic E-state index is 12.0. The maximum absolute atomic E-state index is 12.0. The van der Waals surface area contributed by atoms with E-state index >= 15 is 0 Å². The molecule has 2 rings (SSSR count). The van der Waals surface area contributed by atoms with Crippen molar-refractivity contribution in [2.45, 2.75) is 44.3 Å². The minimum Gasteiger partial charge on any atom is -0.308 e. The number of carbonyl (C=O) groups is 1. The highest BCUT2D eigenvalue weighted by atomic mass is 32.2. The van der Waals surface area contributed by atoms with Gasteiger partial charge in [0.1, 0.15) is 0 Å². The van der Waals surface area contributed by atoms with E-state index in [-0.39, 0.29) is 11.2 Å². The van der Waals surface area contributed by atoms with E-state index in [9.17, 15) is 4.79 Å². The molecular formula is C12H19N3OS. The molecule has 0 saturated carbocycles. The number of hydrogen-bond acceptors (Lipinski definition) is 3. The van der Waals surface area contributed by atoms with Crippen molar-refractivity contribution in [3.05, 3.63) is 11.8 Å². The lowest BCUT2D eigenvalue weighted by atomic mass is 10.1. The Morgan fingerprint density at radius 1 is 1.59 bits per heavy atom.